The van der Waals surface area contributed by atoms with Gasteiger partial charge in [-0.1, -0.05) is 39.3 Å². The highest BCUT2D eigenvalue weighted by Gasteiger charge is 2.40. The van der Waals surface area contributed by atoms with Gasteiger partial charge in [-0.05, 0) is 49.2 Å². The SMILES string of the molecule is COC1=C(OC)C(O)C(C(C)(C)C/C=C(\C)CC(C)C)=C(C)C1O. The fourth-order valence-electron chi connectivity index (χ4n) is 3.56. The van der Waals surface area contributed by atoms with Gasteiger partial charge in [0.2, 0.25) is 0 Å². The Kier molecular flexibility index (Phi) is 7.11. The molecule has 0 bridgehead atoms. The van der Waals surface area contributed by atoms with Gasteiger partial charge in [-0.25, -0.2) is 0 Å². The van der Waals surface area contributed by atoms with Crippen LogP contribution >= 0.6 is 0 Å². The van der Waals surface area contributed by atoms with Crippen molar-refractivity contribution in [2.24, 2.45) is 11.3 Å². The van der Waals surface area contributed by atoms with Crippen molar-refractivity contribution in [3.8, 4) is 0 Å². The molecule has 0 aliphatic heterocycles. The number of hydrogen-bond donors (Lipinski definition) is 2. The summed E-state index contributed by atoms with van der Waals surface area (Å²) in [5.41, 5.74) is 2.59. The summed E-state index contributed by atoms with van der Waals surface area (Å²) in [5, 5.41) is 21.4. The second-order valence-corrected chi connectivity index (χ2v) is 7.77. The van der Waals surface area contributed by atoms with E-state index in [2.05, 4.69) is 40.7 Å². The minimum Gasteiger partial charge on any atom is -0.494 e. The normalized spacial score (nSPS) is 23.2. The number of ether oxygens (including phenoxy) is 2. The Labute approximate surface area is 146 Å². The smallest absolute Gasteiger partial charge is 0.169 e. The largest absolute Gasteiger partial charge is 0.494 e. The van der Waals surface area contributed by atoms with Crippen molar-refractivity contribution in [2.45, 2.75) is 66.6 Å². The Bertz CT molecular complexity index is 538. The van der Waals surface area contributed by atoms with Gasteiger partial charge < -0.3 is 19.7 Å². The average Bonchev–Trinajstić information content (AvgIpc) is 2.48. The van der Waals surface area contributed by atoms with Crippen LogP contribution in [0.4, 0.5) is 0 Å². The van der Waals surface area contributed by atoms with E-state index in [0.717, 1.165) is 24.0 Å². The van der Waals surface area contributed by atoms with Crippen molar-refractivity contribution in [3.63, 3.8) is 0 Å². The fourth-order valence-corrected chi connectivity index (χ4v) is 3.56. The fraction of sp³-hybridized carbons (Fsp3) is 0.700. The Hall–Kier alpha value is -1.26. The maximum absolute atomic E-state index is 10.8. The van der Waals surface area contributed by atoms with Crippen molar-refractivity contribution in [2.75, 3.05) is 14.2 Å². The summed E-state index contributed by atoms with van der Waals surface area (Å²) in [7, 11) is 2.97. The molecule has 0 saturated heterocycles. The molecule has 1 rings (SSSR count). The molecule has 1 aliphatic rings. The number of aliphatic hydroxyl groups is 2. The molecule has 0 radical (unpaired) electrons. The number of rotatable bonds is 7. The second-order valence-electron chi connectivity index (χ2n) is 7.77. The highest BCUT2D eigenvalue weighted by atomic mass is 16.5. The minimum absolute atomic E-state index is 0.286. The molecule has 0 amide bonds. The van der Waals surface area contributed by atoms with E-state index in [1.807, 2.05) is 6.92 Å². The van der Waals surface area contributed by atoms with Gasteiger partial charge in [-0.3, -0.25) is 0 Å². The van der Waals surface area contributed by atoms with E-state index in [1.165, 1.54) is 19.8 Å². The predicted octanol–water partition coefficient (Wildman–Crippen LogP) is 3.95. The molecule has 2 atom stereocenters. The monoisotopic (exact) mass is 338 g/mol. The molecule has 4 nitrogen and oxygen atoms in total. The van der Waals surface area contributed by atoms with E-state index in [0.29, 0.717) is 11.7 Å². The summed E-state index contributed by atoms with van der Waals surface area (Å²) in [6, 6.07) is 0. The van der Waals surface area contributed by atoms with E-state index < -0.39 is 12.2 Å². The third kappa shape index (κ3) is 4.42. The molecule has 0 saturated carbocycles. The van der Waals surface area contributed by atoms with Crippen LogP contribution in [0.25, 0.3) is 0 Å². The van der Waals surface area contributed by atoms with Crippen molar-refractivity contribution in [1.29, 1.82) is 0 Å². The summed E-state index contributed by atoms with van der Waals surface area (Å²) in [6.07, 6.45) is 2.31. The topological polar surface area (TPSA) is 58.9 Å². The molecule has 0 spiro atoms. The second kappa shape index (κ2) is 8.21. The first-order chi connectivity index (χ1) is 11.1. The molecule has 0 fully saturated rings. The lowest BCUT2D eigenvalue weighted by Gasteiger charge is -2.38. The molecule has 0 heterocycles. The Morgan fingerprint density at radius 3 is 2.08 bits per heavy atom. The third-order valence-electron chi connectivity index (χ3n) is 4.71. The molecule has 2 unspecified atom stereocenters. The first kappa shape index (κ1) is 20.8. The van der Waals surface area contributed by atoms with Crippen LogP contribution in [0.15, 0.2) is 34.3 Å². The Morgan fingerprint density at radius 1 is 1.12 bits per heavy atom. The van der Waals surface area contributed by atoms with Gasteiger partial charge in [0.15, 0.2) is 11.5 Å². The van der Waals surface area contributed by atoms with Gasteiger partial charge in [0.1, 0.15) is 12.2 Å². The van der Waals surface area contributed by atoms with E-state index in [9.17, 15) is 10.2 Å². The summed E-state index contributed by atoms with van der Waals surface area (Å²) in [6.45, 7) is 12.6. The zero-order chi connectivity index (χ0) is 18.7. The van der Waals surface area contributed by atoms with Crippen molar-refractivity contribution < 1.29 is 19.7 Å². The van der Waals surface area contributed by atoms with Crippen LogP contribution in [0.1, 0.15) is 54.4 Å². The molecule has 4 heteroatoms. The third-order valence-corrected chi connectivity index (χ3v) is 4.71. The lowest BCUT2D eigenvalue weighted by atomic mass is 9.72. The highest BCUT2D eigenvalue weighted by molar-refractivity contribution is 5.41. The van der Waals surface area contributed by atoms with Crippen molar-refractivity contribution in [3.05, 3.63) is 34.3 Å². The first-order valence-electron chi connectivity index (χ1n) is 8.61. The van der Waals surface area contributed by atoms with Crippen LogP contribution in [0, 0.1) is 11.3 Å². The lowest BCUT2D eigenvalue weighted by Crippen LogP contribution is -2.37. The van der Waals surface area contributed by atoms with E-state index in [-0.39, 0.29) is 11.2 Å². The molecular formula is C20H34O4. The molecule has 0 aromatic heterocycles. The van der Waals surface area contributed by atoms with Crippen LogP contribution in [0.5, 0.6) is 0 Å². The van der Waals surface area contributed by atoms with Crippen LogP contribution in [0.3, 0.4) is 0 Å². The van der Waals surface area contributed by atoms with E-state index >= 15 is 0 Å². The van der Waals surface area contributed by atoms with Gasteiger partial charge in [-0.15, -0.1) is 0 Å². The van der Waals surface area contributed by atoms with Crippen LogP contribution < -0.4 is 0 Å². The quantitative estimate of drug-likeness (QED) is 0.690. The zero-order valence-electron chi connectivity index (χ0n) is 16.4. The number of aliphatic hydroxyl groups excluding tert-OH is 2. The maximum atomic E-state index is 10.8. The highest BCUT2D eigenvalue weighted by Crippen LogP contribution is 2.43. The Balaban J connectivity index is 3.16. The van der Waals surface area contributed by atoms with Crippen molar-refractivity contribution in [1.82, 2.24) is 0 Å². The van der Waals surface area contributed by atoms with Gasteiger partial charge in [0, 0.05) is 0 Å². The number of methoxy groups -OCH3 is 2. The van der Waals surface area contributed by atoms with E-state index in [4.69, 9.17) is 9.47 Å². The molecule has 2 N–H and O–H groups in total. The number of hydrogen-bond acceptors (Lipinski definition) is 4. The van der Waals surface area contributed by atoms with Gasteiger partial charge in [0.05, 0.1) is 14.2 Å². The van der Waals surface area contributed by atoms with Crippen LogP contribution in [0.2, 0.25) is 0 Å². The maximum Gasteiger partial charge on any atom is 0.169 e. The van der Waals surface area contributed by atoms with Crippen LogP contribution in [-0.4, -0.2) is 36.6 Å². The lowest BCUT2D eigenvalue weighted by molar-refractivity contribution is 0.0699. The Morgan fingerprint density at radius 2 is 1.62 bits per heavy atom. The van der Waals surface area contributed by atoms with Gasteiger partial charge in [0.25, 0.3) is 0 Å². The molecular weight excluding hydrogens is 304 g/mol. The molecule has 0 aromatic rings. The standard InChI is InChI=1S/C20H34O4/c1-12(2)11-13(3)9-10-20(5,6)15-14(4)16(21)18(23-7)19(24-8)17(15)22/h9,12,16-17,21-22H,10-11H2,1-8H3/b13-9+. The summed E-state index contributed by atoms with van der Waals surface area (Å²) < 4.78 is 10.6. The summed E-state index contributed by atoms with van der Waals surface area (Å²) >= 11 is 0. The summed E-state index contributed by atoms with van der Waals surface area (Å²) in [4.78, 5) is 0. The van der Waals surface area contributed by atoms with E-state index in [1.54, 1.807) is 0 Å². The van der Waals surface area contributed by atoms with Gasteiger partial charge >= 0.3 is 0 Å². The van der Waals surface area contributed by atoms with Crippen LogP contribution in [-0.2, 0) is 9.47 Å². The average molecular weight is 338 g/mol. The molecule has 138 valence electrons. The molecule has 24 heavy (non-hydrogen) atoms. The number of allylic oxidation sites excluding steroid dienone is 2. The molecule has 1 aliphatic carbocycles. The predicted molar refractivity (Wildman–Crippen MR) is 97.4 cm³/mol. The first-order valence-corrected chi connectivity index (χ1v) is 8.61. The van der Waals surface area contributed by atoms with Crippen molar-refractivity contribution >= 4 is 0 Å². The van der Waals surface area contributed by atoms with Gasteiger partial charge in [-0.2, -0.15) is 0 Å². The zero-order valence-corrected chi connectivity index (χ0v) is 16.4. The summed E-state index contributed by atoms with van der Waals surface area (Å²) in [5.74, 6) is 1.20. The molecule has 0 aromatic carbocycles. The minimum atomic E-state index is -0.901.